The fourth-order valence-electron chi connectivity index (χ4n) is 1.78. The van der Waals surface area contributed by atoms with Crippen LogP contribution in [0.15, 0.2) is 28.7 Å². The quantitative estimate of drug-likeness (QED) is 0.818. The highest BCUT2D eigenvalue weighted by Crippen LogP contribution is 2.25. The average molecular weight is 282 g/mol. The summed E-state index contributed by atoms with van der Waals surface area (Å²) < 4.78 is 5.25. The highest BCUT2D eigenvalue weighted by Gasteiger charge is 2.22. The van der Waals surface area contributed by atoms with Gasteiger partial charge in [0.15, 0.2) is 5.22 Å². The zero-order chi connectivity index (χ0) is 12.7. The molecule has 1 aromatic heterocycles. The zero-order valence-electron chi connectivity index (χ0n) is 9.10. The number of nitrogens with one attached hydrogen (secondary N) is 1. The summed E-state index contributed by atoms with van der Waals surface area (Å²) in [6.45, 7) is 0. The fourth-order valence-corrected chi connectivity index (χ4v) is 3.38. The van der Waals surface area contributed by atoms with Crippen molar-refractivity contribution < 1.29 is 14.0 Å². The number of imide groups is 1. The van der Waals surface area contributed by atoms with Gasteiger partial charge in [0.1, 0.15) is 5.58 Å². The second-order valence-corrected chi connectivity index (χ2v) is 6.00. The molecule has 1 atom stereocenters. The van der Waals surface area contributed by atoms with E-state index in [1.165, 1.54) is 0 Å². The highest BCUT2D eigenvalue weighted by atomic mass is 35.5. The number of carbonyl (C=O) groups is 2. The van der Waals surface area contributed by atoms with Gasteiger partial charge in [0.05, 0.1) is 5.75 Å². The fraction of sp³-hybridized carbons (Fsp3) is 0.0833. The first kappa shape index (κ1) is 11.5. The minimum atomic E-state index is -0.677. The van der Waals surface area contributed by atoms with Crippen LogP contribution in [0.5, 0.6) is 0 Å². The molecule has 1 aromatic carbocycles. The minimum Gasteiger partial charge on any atom is -0.445 e. The van der Waals surface area contributed by atoms with Crippen molar-refractivity contribution >= 4 is 49.6 Å². The summed E-state index contributed by atoms with van der Waals surface area (Å²) in [6, 6.07) is 7.24. The van der Waals surface area contributed by atoms with Crippen molar-refractivity contribution in [1.82, 2.24) is 5.32 Å². The zero-order valence-corrected chi connectivity index (χ0v) is 10.7. The first-order chi connectivity index (χ1) is 8.61. The Morgan fingerprint density at radius 1 is 1.33 bits per heavy atom. The van der Waals surface area contributed by atoms with Crippen molar-refractivity contribution in [3.63, 3.8) is 0 Å². The Morgan fingerprint density at radius 2 is 2.17 bits per heavy atom. The molecule has 3 rings (SSSR count). The predicted octanol–water partition coefficient (Wildman–Crippen LogP) is 2.76. The van der Waals surface area contributed by atoms with Crippen LogP contribution in [0.2, 0.25) is 5.22 Å². The van der Waals surface area contributed by atoms with Crippen LogP contribution in [0.3, 0.4) is 0 Å². The molecule has 0 radical (unpaired) electrons. The molecule has 6 heteroatoms. The summed E-state index contributed by atoms with van der Waals surface area (Å²) in [6.07, 6.45) is 0. The lowest BCUT2D eigenvalue weighted by molar-refractivity contribution is -0.117. The molecule has 0 aliphatic carbocycles. The van der Waals surface area contributed by atoms with E-state index in [1.54, 1.807) is 17.5 Å². The van der Waals surface area contributed by atoms with Gasteiger partial charge in [-0.3, -0.25) is 14.9 Å². The molecule has 18 heavy (non-hydrogen) atoms. The van der Waals surface area contributed by atoms with Crippen LogP contribution < -0.4 is 5.32 Å². The molecule has 1 unspecified atom stereocenters. The number of halogens is 1. The minimum absolute atomic E-state index is 0.216. The first-order valence-electron chi connectivity index (χ1n) is 5.19. The lowest BCUT2D eigenvalue weighted by Gasteiger charge is -1.96. The van der Waals surface area contributed by atoms with Crippen LogP contribution in [0, 0.1) is 0 Å². The lowest BCUT2D eigenvalue weighted by Crippen LogP contribution is -2.18. The maximum Gasteiger partial charge on any atom is 0.280 e. The Kier molecular flexibility index (Phi) is 2.72. The summed E-state index contributed by atoms with van der Waals surface area (Å²) in [4.78, 5) is 22.6. The van der Waals surface area contributed by atoms with E-state index < -0.39 is 10.5 Å². The number of hydrogen-bond donors (Lipinski definition) is 1. The van der Waals surface area contributed by atoms with Crippen molar-refractivity contribution in [2.45, 2.75) is 0 Å². The highest BCUT2D eigenvalue weighted by molar-refractivity contribution is 8.28. The molecular formula is C12H8ClNO3S. The van der Waals surface area contributed by atoms with Gasteiger partial charge in [-0.05, 0) is 34.7 Å². The van der Waals surface area contributed by atoms with Crippen molar-refractivity contribution in [3.05, 3.63) is 35.0 Å². The van der Waals surface area contributed by atoms with Gasteiger partial charge in [-0.25, -0.2) is 0 Å². The Balaban J connectivity index is 2.02. The van der Waals surface area contributed by atoms with Gasteiger partial charge in [-0.2, -0.15) is 0 Å². The van der Waals surface area contributed by atoms with E-state index >= 15 is 0 Å². The molecule has 2 heterocycles. The van der Waals surface area contributed by atoms with Crippen LogP contribution in [-0.4, -0.2) is 22.3 Å². The second-order valence-electron chi connectivity index (χ2n) is 3.87. The van der Waals surface area contributed by atoms with Crippen LogP contribution in [-0.2, 0) is 4.79 Å². The van der Waals surface area contributed by atoms with Crippen LogP contribution in [0.25, 0.3) is 11.0 Å². The lowest BCUT2D eigenvalue weighted by atomic mass is 10.2. The molecule has 1 fully saturated rings. The van der Waals surface area contributed by atoms with Gasteiger partial charge in [-0.15, -0.1) is 0 Å². The van der Waals surface area contributed by atoms with Crippen molar-refractivity contribution in [3.8, 4) is 0 Å². The predicted molar refractivity (Wildman–Crippen MR) is 72.4 cm³/mol. The van der Waals surface area contributed by atoms with E-state index in [4.69, 9.17) is 16.0 Å². The molecule has 0 spiro atoms. The van der Waals surface area contributed by atoms with Crippen molar-refractivity contribution in [2.24, 2.45) is 0 Å². The van der Waals surface area contributed by atoms with Gasteiger partial charge in [0.2, 0.25) is 5.91 Å². The van der Waals surface area contributed by atoms with E-state index in [1.807, 2.05) is 12.1 Å². The molecule has 0 saturated carbocycles. The Bertz CT molecular complexity index is 704. The molecule has 2 aromatic rings. The molecule has 92 valence electrons. The van der Waals surface area contributed by atoms with Gasteiger partial charge < -0.3 is 4.42 Å². The molecule has 2 amide bonds. The molecular weight excluding hydrogens is 274 g/mol. The molecule has 1 saturated heterocycles. The monoisotopic (exact) mass is 281 g/mol. The SMILES string of the molecule is O=C1C/S(=C\c2ccc3oc(Cl)cc3c2)C(=O)N1. The largest absolute Gasteiger partial charge is 0.445 e. The summed E-state index contributed by atoms with van der Waals surface area (Å²) in [7, 11) is -0.677. The van der Waals surface area contributed by atoms with Crippen LogP contribution in [0.1, 0.15) is 5.56 Å². The third kappa shape index (κ3) is 2.07. The molecule has 4 nitrogen and oxygen atoms in total. The normalized spacial score (nSPS) is 19.7. The number of rotatable bonds is 1. The first-order valence-corrected chi connectivity index (χ1v) is 7.03. The number of hydrogen-bond acceptors (Lipinski definition) is 3. The van der Waals surface area contributed by atoms with E-state index in [0.29, 0.717) is 10.8 Å². The summed E-state index contributed by atoms with van der Waals surface area (Å²) in [5.41, 5.74) is 1.58. The number of fused-ring (bicyclic) bond motifs is 1. The summed E-state index contributed by atoms with van der Waals surface area (Å²) in [5, 5.41) is 5.09. The van der Waals surface area contributed by atoms with Gasteiger partial charge in [-0.1, -0.05) is 16.6 Å². The molecule has 1 N–H and O–H groups in total. The molecule has 0 bridgehead atoms. The number of benzene rings is 1. The van der Waals surface area contributed by atoms with Crippen LogP contribution >= 0.6 is 22.1 Å². The average Bonchev–Trinajstić information content (AvgIpc) is 2.80. The topological polar surface area (TPSA) is 59.3 Å². The van der Waals surface area contributed by atoms with E-state index in [9.17, 15) is 9.59 Å². The van der Waals surface area contributed by atoms with Crippen molar-refractivity contribution in [2.75, 3.05) is 5.75 Å². The third-order valence-electron chi connectivity index (χ3n) is 2.55. The van der Waals surface area contributed by atoms with Gasteiger partial charge >= 0.3 is 0 Å². The van der Waals surface area contributed by atoms with Crippen LogP contribution in [0.4, 0.5) is 4.79 Å². The standard InChI is InChI=1S/C12H8ClNO3S/c13-10-4-8-3-7(1-2-9(8)17-10)5-18-6-11(15)14-12(18)16/h1-5H,6H2,(H,14,15,16). The summed E-state index contributed by atoms with van der Waals surface area (Å²) in [5.74, 6) is 0.0234. The second kappa shape index (κ2) is 4.26. The number of amides is 2. The van der Waals surface area contributed by atoms with Gasteiger partial charge in [0.25, 0.3) is 5.24 Å². The Hall–Kier alpha value is -1.59. The maximum atomic E-state index is 11.5. The maximum absolute atomic E-state index is 11.5. The number of carbonyl (C=O) groups excluding carboxylic acids is 2. The molecule has 1 aliphatic heterocycles. The van der Waals surface area contributed by atoms with E-state index in [-0.39, 0.29) is 16.9 Å². The van der Waals surface area contributed by atoms with Gasteiger partial charge in [0, 0.05) is 11.5 Å². The smallest absolute Gasteiger partial charge is 0.280 e. The summed E-state index contributed by atoms with van der Waals surface area (Å²) >= 11 is 5.76. The van der Waals surface area contributed by atoms with E-state index in [0.717, 1.165) is 10.9 Å². The van der Waals surface area contributed by atoms with E-state index in [2.05, 4.69) is 5.32 Å². The van der Waals surface area contributed by atoms with Crippen molar-refractivity contribution in [1.29, 1.82) is 0 Å². The number of furan rings is 1. The molecule has 1 aliphatic rings. The Labute approximate surface area is 110 Å². The Morgan fingerprint density at radius 3 is 2.89 bits per heavy atom. The third-order valence-corrected chi connectivity index (χ3v) is 4.45.